The van der Waals surface area contributed by atoms with Crippen LogP contribution in [-0.2, 0) is 0 Å². The van der Waals surface area contributed by atoms with Crippen LogP contribution >= 0.6 is 35.6 Å². The number of pyridine rings is 1. The van der Waals surface area contributed by atoms with Gasteiger partial charge < -0.3 is 10.6 Å². The molecule has 21 heavy (non-hydrogen) atoms. The highest BCUT2D eigenvalue weighted by Gasteiger charge is 1.99. The predicted octanol–water partition coefficient (Wildman–Crippen LogP) is 4.12. The third-order valence-corrected chi connectivity index (χ3v) is 4.14. The number of aromatic nitrogens is 1. The van der Waals surface area contributed by atoms with E-state index in [-0.39, 0.29) is 0 Å². The van der Waals surface area contributed by atoms with Crippen LogP contribution in [0.3, 0.4) is 0 Å². The number of thiocarbonyl (C=S) groups is 1. The van der Waals surface area contributed by atoms with Gasteiger partial charge in [0.1, 0.15) is 5.82 Å². The van der Waals surface area contributed by atoms with Gasteiger partial charge in [-0.25, -0.2) is 4.98 Å². The van der Waals surface area contributed by atoms with Crippen LogP contribution in [0, 0.1) is 6.92 Å². The smallest absolute Gasteiger partial charge is 0.171 e. The Hall–Kier alpha value is -1.30. The molecule has 2 rings (SSSR count). The molecule has 0 fully saturated rings. The van der Waals surface area contributed by atoms with Gasteiger partial charge in [-0.05, 0) is 55.0 Å². The number of hydrogen-bond acceptors (Lipinski definition) is 3. The molecule has 0 amide bonds. The lowest BCUT2D eigenvalue weighted by Gasteiger charge is -2.09. The average molecular weight is 338 g/mol. The Kier molecular flexibility index (Phi) is 6.29. The van der Waals surface area contributed by atoms with E-state index in [4.69, 9.17) is 23.8 Å². The first-order chi connectivity index (χ1) is 10.1. The largest absolute Gasteiger partial charge is 0.362 e. The van der Waals surface area contributed by atoms with Crippen molar-refractivity contribution in [3.63, 3.8) is 0 Å². The zero-order valence-electron chi connectivity index (χ0n) is 11.6. The number of benzene rings is 1. The maximum absolute atomic E-state index is 5.85. The monoisotopic (exact) mass is 337 g/mol. The highest BCUT2D eigenvalue weighted by molar-refractivity contribution is 7.99. The van der Waals surface area contributed by atoms with Crippen LogP contribution in [0.1, 0.15) is 5.56 Å². The molecule has 1 aromatic carbocycles. The van der Waals surface area contributed by atoms with E-state index >= 15 is 0 Å². The Morgan fingerprint density at radius 1 is 1.24 bits per heavy atom. The summed E-state index contributed by atoms with van der Waals surface area (Å²) in [5, 5.41) is 7.56. The highest BCUT2D eigenvalue weighted by Crippen LogP contribution is 2.19. The van der Waals surface area contributed by atoms with Crippen LogP contribution in [0.2, 0.25) is 5.02 Å². The molecule has 0 aliphatic heterocycles. The van der Waals surface area contributed by atoms with Crippen molar-refractivity contribution in [2.75, 3.05) is 17.6 Å². The molecule has 0 atom stereocenters. The number of thioether (sulfide) groups is 1. The first-order valence-corrected chi connectivity index (χ1v) is 8.26. The minimum Gasteiger partial charge on any atom is -0.362 e. The SMILES string of the molecule is Cc1ccc(NC(=S)NCCSc2ccc(Cl)cc2)nc1. The van der Waals surface area contributed by atoms with Crippen molar-refractivity contribution >= 4 is 46.5 Å². The summed E-state index contributed by atoms with van der Waals surface area (Å²) in [4.78, 5) is 5.44. The standard InChI is InChI=1S/C15H16ClN3S2/c1-11-2-7-14(18-10-11)19-15(20)17-8-9-21-13-5-3-12(16)4-6-13/h2-7,10H,8-9H2,1H3,(H2,17,18,19,20). The lowest BCUT2D eigenvalue weighted by molar-refractivity contribution is 0.988. The van der Waals surface area contributed by atoms with Crippen LogP contribution in [0.15, 0.2) is 47.5 Å². The van der Waals surface area contributed by atoms with Gasteiger partial charge in [-0.2, -0.15) is 0 Å². The molecule has 0 bridgehead atoms. The predicted molar refractivity (Wildman–Crippen MR) is 95.4 cm³/mol. The summed E-state index contributed by atoms with van der Waals surface area (Å²) in [5.41, 5.74) is 1.12. The van der Waals surface area contributed by atoms with Gasteiger partial charge in [0.15, 0.2) is 5.11 Å². The normalized spacial score (nSPS) is 10.2. The topological polar surface area (TPSA) is 37.0 Å². The van der Waals surface area contributed by atoms with Crippen molar-refractivity contribution in [3.05, 3.63) is 53.2 Å². The second-order valence-corrected chi connectivity index (χ2v) is 6.42. The zero-order valence-corrected chi connectivity index (χ0v) is 14.0. The molecule has 0 saturated carbocycles. The van der Waals surface area contributed by atoms with Gasteiger partial charge in [0.2, 0.25) is 0 Å². The summed E-state index contributed by atoms with van der Waals surface area (Å²) < 4.78 is 0. The Morgan fingerprint density at radius 3 is 2.67 bits per heavy atom. The van der Waals surface area contributed by atoms with Gasteiger partial charge in [-0.15, -0.1) is 11.8 Å². The Labute approximate surface area is 139 Å². The van der Waals surface area contributed by atoms with Crippen molar-refractivity contribution in [1.82, 2.24) is 10.3 Å². The molecule has 0 aliphatic carbocycles. The molecule has 0 spiro atoms. The number of aryl methyl sites for hydroxylation is 1. The van der Waals surface area contributed by atoms with E-state index in [1.54, 1.807) is 18.0 Å². The first-order valence-electron chi connectivity index (χ1n) is 6.49. The van der Waals surface area contributed by atoms with Gasteiger partial charge in [-0.1, -0.05) is 17.7 Å². The molecule has 3 nitrogen and oxygen atoms in total. The third kappa shape index (κ3) is 5.91. The quantitative estimate of drug-likeness (QED) is 0.487. The fourth-order valence-electron chi connectivity index (χ4n) is 1.57. The van der Waals surface area contributed by atoms with Crippen LogP contribution < -0.4 is 10.6 Å². The van der Waals surface area contributed by atoms with Crippen LogP contribution in [0.4, 0.5) is 5.82 Å². The van der Waals surface area contributed by atoms with Crippen molar-refractivity contribution < 1.29 is 0 Å². The number of halogens is 1. The molecular formula is C15H16ClN3S2. The number of rotatable bonds is 5. The summed E-state index contributed by atoms with van der Waals surface area (Å²) in [5.74, 6) is 1.67. The van der Waals surface area contributed by atoms with Crippen molar-refractivity contribution in [2.24, 2.45) is 0 Å². The van der Waals surface area contributed by atoms with E-state index in [0.717, 1.165) is 28.7 Å². The summed E-state index contributed by atoms with van der Waals surface area (Å²) in [6, 6.07) is 11.7. The lowest BCUT2D eigenvalue weighted by atomic mass is 10.3. The second kappa shape index (κ2) is 8.22. The molecule has 1 aromatic heterocycles. The Bertz CT molecular complexity index is 585. The molecule has 6 heteroatoms. The van der Waals surface area contributed by atoms with Gasteiger partial charge in [0.25, 0.3) is 0 Å². The molecule has 110 valence electrons. The maximum Gasteiger partial charge on any atom is 0.171 e. The molecule has 0 radical (unpaired) electrons. The summed E-state index contributed by atoms with van der Waals surface area (Å²) in [7, 11) is 0. The van der Waals surface area contributed by atoms with Gasteiger partial charge >= 0.3 is 0 Å². The highest BCUT2D eigenvalue weighted by atomic mass is 35.5. The number of nitrogens with zero attached hydrogens (tertiary/aromatic N) is 1. The molecule has 2 N–H and O–H groups in total. The van der Waals surface area contributed by atoms with Crippen molar-refractivity contribution in [1.29, 1.82) is 0 Å². The summed E-state index contributed by atoms with van der Waals surface area (Å²) >= 11 is 12.8. The van der Waals surface area contributed by atoms with Gasteiger partial charge in [-0.3, -0.25) is 0 Å². The van der Waals surface area contributed by atoms with Gasteiger partial charge in [0.05, 0.1) is 0 Å². The molecule has 0 saturated heterocycles. The number of nitrogens with one attached hydrogen (secondary N) is 2. The molecular weight excluding hydrogens is 322 g/mol. The van der Waals surface area contributed by atoms with E-state index in [2.05, 4.69) is 15.6 Å². The van der Waals surface area contributed by atoms with Crippen LogP contribution in [0.25, 0.3) is 0 Å². The van der Waals surface area contributed by atoms with E-state index in [1.165, 1.54) is 4.90 Å². The second-order valence-electron chi connectivity index (χ2n) is 4.40. The minimum absolute atomic E-state index is 0.586. The summed E-state index contributed by atoms with van der Waals surface area (Å²) in [6.07, 6.45) is 1.81. The van der Waals surface area contributed by atoms with Crippen molar-refractivity contribution in [2.45, 2.75) is 11.8 Å². The fraction of sp³-hybridized carbons (Fsp3) is 0.200. The van der Waals surface area contributed by atoms with Crippen LogP contribution in [0.5, 0.6) is 0 Å². The maximum atomic E-state index is 5.85. The van der Waals surface area contributed by atoms with E-state index in [1.807, 2.05) is 43.3 Å². The average Bonchev–Trinajstić information content (AvgIpc) is 2.48. The lowest BCUT2D eigenvalue weighted by Crippen LogP contribution is -2.30. The van der Waals surface area contributed by atoms with E-state index < -0.39 is 0 Å². The fourth-order valence-corrected chi connectivity index (χ4v) is 2.67. The Balaban J connectivity index is 1.67. The molecule has 0 unspecified atom stereocenters. The number of hydrogen-bond donors (Lipinski definition) is 2. The molecule has 1 heterocycles. The summed E-state index contributed by atoms with van der Waals surface area (Å²) in [6.45, 7) is 2.78. The zero-order chi connectivity index (χ0) is 15.1. The molecule has 2 aromatic rings. The van der Waals surface area contributed by atoms with Crippen molar-refractivity contribution in [3.8, 4) is 0 Å². The molecule has 0 aliphatic rings. The van der Waals surface area contributed by atoms with Gasteiger partial charge in [0, 0.05) is 28.4 Å². The first kappa shape index (κ1) is 16.1. The Morgan fingerprint density at radius 2 is 2.00 bits per heavy atom. The third-order valence-electron chi connectivity index (χ3n) is 2.62. The van der Waals surface area contributed by atoms with E-state index in [0.29, 0.717) is 5.11 Å². The number of anilines is 1. The minimum atomic E-state index is 0.586. The van der Waals surface area contributed by atoms with Crippen LogP contribution in [-0.4, -0.2) is 22.4 Å². The van der Waals surface area contributed by atoms with E-state index in [9.17, 15) is 0 Å².